The Hall–Kier alpha value is -2.47. The quantitative estimate of drug-likeness (QED) is 0.932. The van der Waals surface area contributed by atoms with Crippen molar-refractivity contribution in [3.05, 3.63) is 41.3 Å². The lowest BCUT2D eigenvalue weighted by atomic mass is 9.94. The maximum absolute atomic E-state index is 10.9. The van der Waals surface area contributed by atoms with Gasteiger partial charge >= 0.3 is 5.97 Å². The molecule has 3 rings (SSSR count). The minimum atomic E-state index is -1.12. The van der Waals surface area contributed by atoms with E-state index in [0.717, 1.165) is 0 Å². The first-order valence-electron chi connectivity index (χ1n) is 6.56. The zero-order valence-electron chi connectivity index (χ0n) is 11.3. The van der Waals surface area contributed by atoms with Crippen LogP contribution in [0.4, 0.5) is 0 Å². The number of carbonyl (C=O) groups is 2. The molecule has 1 aromatic heterocycles. The standard InChI is InChI=1S/C15H11ClN2O4/c16-11-3-8(12-6-13(15(20)21)18-7-17-12)1-2-14(11)22-10-4-9(19)5-10/h1-3,6-7,10H,4-5H2,(H,20,21). The number of ketones is 1. The van der Waals surface area contributed by atoms with Crippen molar-refractivity contribution in [1.82, 2.24) is 9.97 Å². The Labute approximate surface area is 130 Å². The second-order valence-corrected chi connectivity index (χ2v) is 5.33. The summed E-state index contributed by atoms with van der Waals surface area (Å²) in [5.41, 5.74) is 1.03. The number of hydrogen-bond acceptors (Lipinski definition) is 5. The highest BCUT2D eigenvalue weighted by Gasteiger charge is 2.28. The van der Waals surface area contributed by atoms with Crippen molar-refractivity contribution in [3.63, 3.8) is 0 Å². The molecule has 0 bridgehead atoms. The fourth-order valence-corrected chi connectivity index (χ4v) is 2.32. The molecular formula is C15H11ClN2O4. The van der Waals surface area contributed by atoms with E-state index in [2.05, 4.69) is 9.97 Å². The second-order valence-electron chi connectivity index (χ2n) is 4.93. The molecule has 1 saturated carbocycles. The second kappa shape index (κ2) is 5.73. The number of aromatic carboxylic acids is 1. The van der Waals surface area contributed by atoms with Gasteiger partial charge in [-0.2, -0.15) is 0 Å². The molecule has 1 heterocycles. The molecule has 22 heavy (non-hydrogen) atoms. The molecule has 0 unspecified atom stereocenters. The number of rotatable bonds is 4. The van der Waals surface area contributed by atoms with Crippen molar-refractivity contribution < 1.29 is 19.4 Å². The van der Waals surface area contributed by atoms with Crippen molar-refractivity contribution >= 4 is 23.4 Å². The number of halogens is 1. The summed E-state index contributed by atoms with van der Waals surface area (Å²) in [6, 6.07) is 6.43. The maximum atomic E-state index is 10.9. The average molecular weight is 319 g/mol. The van der Waals surface area contributed by atoms with Crippen LogP contribution in [-0.4, -0.2) is 32.9 Å². The minimum Gasteiger partial charge on any atom is -0.488 e. The van der Waals surface area contributed by atoms with Crippen LogP contribution in [0.1, 0.15) is 23.3 Å². The molecule has 7 heteroatoms. The number of carbonyl (C=O) groups excluding carboxylic acids is 1. The zero-order valence-corrected chi connectivity index (χ0v) is 12.1. The predicted molar refractivity (Wildman–Crippen MR) is 78.1 cm³/mol. The van der Waals surface area contributed by atoms with Crippen LogP contribution in [0.3, 0.4) is 0 Å². The monoisotopic (exact) mass is 318 g/mol. The van der Waals surface area contributed by atoms with Gasteiger partial charge in [0.25, 0.3) is 0 Å². The lowest BCUT2D eigenvalue weighted by Gasteiger charge is -2.25. The van der Waals surface area contributed by atoms with Crippen LogP contribution in [0, 0.1) is 0 Å². The lowest BCUT2D eigenvalue weighted by Crippen LogP contribution is -2.33. The molecule has 0 aliphatic heterocycles. The Balaban J connectivity index is 1.83. The number of Topliss-reactive ketones (excluding diaryl/α,β-unsaturated/α-hetero) is 1. The predicted octanol–water partition coefficient (Wildman–Crippen LogP) is 2.61. The van der Waals surface area contributed by atoms with Crippen molar-refractivity contribution in [3.8, 4) is 17.0 Å². The first kappa shape index (κ1) is 14.5. The van der Waals surface area contributed by atoms with E-state index in [-0.39, 0.29) is 17.6 Å². The van der Waals surface area contributed by atoms with E-state index < -0.39 is 5.97 Å². The van der Waals surface area contributed by atoms with Crippen LogP contribution in [-0.2, 0) is 4.79 Å². The smallest absolute Gasteiger partial charge is 0.354 e. The highest BCUT2D eigenvalue weighted by Crippen LogP contribution is 2.32. The minimum absolute atomic E-state index is 0.0885. The number of ether oxygens (including phenoxy) is 1. The van der Waals surface area contributed by atoms with E-state index in [9.17, 15) is 9.59 Å². The fraction of sp³-hybridized carbons (Fsp3) is 0.200. The molecule has 2 aromatic rings. The van der Waals surface area contributed by atoms with Crippen LogP contribution >= 0.6 is 11.6 Å². The van der Waals surface area contributed by atoms with Gasteiger partial charge in [-0.3, -0.25) is 4.79 Å². The van der Waals surface area contributed by atoms with Gasteiger partial charge in [-0.15, -0.1) is 0 Å². The third kappa shape index (κ3) is 2.92. The lowest BCUT2D eigenvalue weighted by molar-refractivity contribution is -0.129. The van der Waals surface area contributed by atoms with Crippen molar-refractivity contribution in [2.24, 2.45) is 0 Å². The number of carboxylic acid groups (broad SMARTS) is 1. The molecule has 0 amide bonds. The van der Waals surface area contributed by atoms with Crippen molar-refractivity contribution in [1.29, 1.82) is 0 Å². The van der Waals surface area contributed by atoms with Crippen LogP contribution in [0.15, 0.2) is 30.6 Å². The molecule has 112 valence electrons. The van der Waals surface area contributed by atoms with Crippen LogP contribution in [0.25, 0.3) is 11.3 Å². The summed E-state index contributed by atoms with van der Waals surface area (Å²) in [6.45, 7) is 0. The molecular weight excluding hydrogens is 308 g/mol. The maximum Gasteiger partial charge on any atom is 0.354 e. The molecule has 0 atom stereocenters. The van der Waals surface area contributed by atoms with E-state index in [1.165, 1.54) is 12.4 Å². The van der Waals surface area contributed by atoms with Gasteiger partial charge < -0.3 is 9.84 Å². The average Bonchev–Trinajstić information content (AvgIpc) is 2.47. The Morgan fingerprint density at radius 2 is 2.05 bits per heavy atom. The normalized spacial score (nSPS) is 14.5. The summed E-state index contributed by atoms with van der Waals surface area (Å²) in [7, 11) is 0. The largest absolute Gasteiger partial charge is 0.488 e. The fourth-order valence-electron chi connectivity index (χ4n) is 2.10. The van der Waals surface area contributed by atoms with E-state index in [1.807, 2.05) is 0 Å². The van der Waals surface area contributed by atoms with E-state index >= 15 is 0 Å². The Morgan fingerprint density at radius 3 is 2.68 bits per heavy atom. The number of hydrogen-bond donors (Lipinski definition) is 1. The molecule has 1 fully saturated rings. The molecule has 0 spiro atoms. The first-order chi connectivity index (χ1) is 10.5. The Morgan fingerprint density at radius 1 is 1.27 bits per heavy atom. The van der Waals surface area contributed by atoms with Crippen LogP contribution < -0.4 is 4.74 Å². The van der Waals surface area contributed by atoms with E-state index in [1.54, 1.807) is 18.2 Å². The molecule has 0 saturated heterocycles. The highest BCUT2D eigenvalue weighted by atomic mass is 35.5. The topological polar surface area (TPSA) is 89.4 Å². The molecule has 1 aliphatic rings. The van der Waals surface area contributed by atoms with Crippen LogP contribution in [0.5, 0.6) is 5.75 Å². The van der Waals surface area contributed by atoms with Gasteiger partial charge in [0, 0.05) is 18.4 Å². The van der Waals surface area contributed by atoms with Gasteiger partial charge in [0.1, 0.15) is 24.0 Å². The van der Waals surface area contributed by atoms with Gasteiger partial charge in [-0.05, 0) is 24.3 Å². The molecule has 0 radical (unpaired) electrons. The van der Waals surface area contributed by atoms with Gasteiger partial charge in [-0.25, -0.2) is 14.8 Å². The first-order valence-corrected chi connectivity index (χ1v) is 6.94. The van der Waals surface area contributed by atoms with E-state index in [4.69, 9.17) is 21.4 Å². The van der Waals surface area contributed by atoms with Gasteiger partial charge in [-0.1, -0.05) is 11.6 Å². The summed E-state index contributed by atoms with van der Waals surface area (Å²) < 4.78 is 5.62. The van der Waals surface area contributed by atoms with Gasteiger partial charge in [0.2, 0.25) is 0 Å². The van der Waals surface area contributed by atoms with Gasteiger partial charge in [0.15, 0.2) is 5.69 Å². The van der Waals surface area contributed by atoms with Crippen molar-refractivity contribution in [2.75, 3.05) is 0 Å². The van der Waals surface area contributed by atoms with Gasteiger partial charge in [0.05, 0.1) is 10.7 Å². The highest BCUT2D eigenvalue weighted by molar-refractivity contribution is 6.32. The Bertz CT molecular complexity index is 755. The summed E-state index contributed by atoms with van der Waals surface area (Å²) >= 11 is 6.17. The SMILES string of the molecule is O=C1CC(Oc2ccc(-c3cc(C(=O)O)ncn3)cc2Cl)C1. The van der Waals surface area contributed by atoms with Crippen LogP contribution in [0.2, 0.25) is 5.02 Å². The molecule has 1 N–H and O–H groups in total. The zero-order chi connectivity index (χ0) is 15.7. The summed E-state index contributed by atoms with van der Waals surface area (Å²) in [6.07, 6.45) is 1.89. The molecule has 6 nitrogen and oxygen atoms in total. The summed E-state index contributed by atoms with van der Waals surface area (Å²) in [4.78, 5) is 29.6. The summed E-state index contributed by atoms with van der Waals surface area (Å²) in [5, 5.41) is 9.33. The number of aromatic nitrogens is 2. The van der Waals surface area contributed by atoms with Crippen molar-refractivity contribution in [2.45, 2.75) is 18.9 Å². The number of carboxylic acids is 1. The number of benzene rings is 1. The summed E-state index contributed by atoms with van der Waals surface area (Å²) in [5.74, 6) is -0.445. The molecule has 1 aliphatic carbocycles. The number of nitrogens with zero attached hydrogens (tertiary/aromatic N) is 2. The van der Waals surface area contributed by atoms with E-state index in [0.29, 0.717) is 34.9 Å². The third-order valence-electron chi connectivity index (χ3n) is 3.32. The Kier molecular flexibility index (Phi) is 3.77. The molecule has 1 aromatic carbocycles. The third-order valence-corrected chi connectivity index (χ3v) is 3.61.